The molecule has 1 aromatic carbocycles. The molecule has 1 aromatic heterocycles. The van der Waals surface area contributed by atoms with Gasteiger partial charge in [0.2, 0.25) is 5.95 Å². The largest absolute Gasteiger partial charge is 0.495 e. The van der Waals surface area contributed by atoms with Crippen LogP contribution in [0.15, 0.2) is 30.6 Å². The highest BCUT2D eigenvalue weighted by Crippen LogP contribution is 2.34. The smallest absolute Gasteiger partial charge is 0.207 e. The lowest BCUT2D eigenvalue weighted by Gasteiger charge is -2.17. The van der Waals surface area contributed by atoms with Crippen LogP contribution in [0.1, 0.15) is 37.3 Å². The van der Waals surface area contributed by atoms with Gasteiger partial charge in [-0.3, -0.25) is 0 Å². The van der Waals surface area contributed by atoms with Crippen LogP contribution < -0.4 is 10.1 Å². The van der Waals surface area contributed by atoms with E-state index in [1.165, 1.54) is 31.2 Å². The van der Waals surface area contributed by atoms with Gasteiger partial charge in [0.15, 0.2) is 0 Å². The third kappa shape index (κ3) is 2.50. The van der Waals surface area contributed by atoms with Crippen molar-refractivity contribution in [3.8, 4) is 5.75 Å². The first-order valence-corrected chi connectivity index (χ1v) is 7.22. The second-order valence-corrected chi connectivity index (χ2v) is 5.43. The summed E-state index contributed by atoms with van der Waals surface area (Å²) in [6.07, 6.45) is 9.06. The Kier molecular flexibility index (Phi) is 3.63. The minimum atomic E-state index is 0.579. The van der Waals surface area contributed by atoms with E-state index in [0.29, 0.717) is 6.04 Å². The van der Waals surface area contributed by atoms with E-state index >= 15 is 0 Å². The molecule has 0 saturated heterocycles. The second-order valence-electron chi connectivity index (χ2n) is 5.43. The number of nitrogens with one attached hydrogen (secondary N) is 1. The molecule has 1 heterocycles. The van der Waals surface area contributed by atoms with Crippen LogP contribution in [0, 0.1) is 6.92 Å². The molecule has 4 nitrogen and oxygen atoms in total. The summed E-state index contributed by atoms with van der Waals surface area (Å²) >= 11 is 0. The summed E-state index contributed by atoms with van der Waals surface area (Å²) in [6, 6.07) is 6.70. The number of anilines is 2. The van der Waals surface area contributed by atoms with Crippen LogP contribution in [0.25, 0.3) is 0 Å². The summed E-state index contributed by atoms with van der Waals surface area (Å²) < 4.78 is 7.67. The molecule has 0 bridgehead atoms. The molecule has 0 amide bonds. The van der Waals surface area contributed by atoms with Crippen molar-refractivity contribution in [3.63, 3.8) is 0 Å². The number of hydrogen-bond acceptors (Lipinski definition) is 3. The predicted octanol–water partition coefficient (Wildman–Crippen LogP) is 4.06. The number of ether oxygens (including phenoxy) is 1. The molecule has 3 rings (SSSR count). The zero-order valence-corrected chi connectivity index (χ0v) is 12.1. The number of aryl methyl sites for hydroxylation is 1. The molecule has 2 aromatic rings. The maximum absolute atomic E-state index is 5.41. The van der Waals surface area contributed by atoms with E-state index in [2.05, 4.69) is 34.1 Å². The fourth-order valence-electron chi connectivity index (χ4n) is 2.93. The van der Waals surface area contributed by atoms with Crippen molar-refractivity contribution in [2.75, 3.05) is 12.4 Å². The minimum Gasteiger partial charge on any atom is -0.495 e. The predicted molar refractivity (Wildman–Crippen MR) is 80.7 cm³/mol. The Bertz CT molecular complexity index is 585. The standard InChI is InChI=1S/C16H21N3O/c1-12-7-8-15(20-2)14(11-12)18-16-17-9-10-19(16)13-5-3-4-6-13/h7-11,13H,3-6H2,1-2H3,(H,17,18). The summed E-state index contributed by atoms with van der Waals surface area (Å²) in [6.45, 7) is 2.08. The monoisotopic (exact) mass is 271 g/mol. The molecular weight excluding hydrogens is 250 g/mol. The maximum atomic E-state index is 5.41. The van der Waals surface area contributed by atoms with Gasteiger partial charge in [0.1, 0.15) is 5.75 Å². The molecule has 0 aliphatic heterocycles. The zero-order valence-electron chi connectivity index (χ0n) is 12.1. The molecule has 0 radical (unpaired) electrons. The Morgan fingerprint density at radius 3 is 2.85 bits per heavy atom. The summed E-state index contributed by atoms with van der Waals surface area (Å²) in [4.78, 5) is 4.46. The molecule has 0 unspecified atom stereocenters. The highest BCUT2D eigenvalue weighted by Gasteiger charge is 2.19. The summed E-state index contributed by atoms with van der Waals surface area (Å²) in [7, 11) is 1.69. The Morgan fingerprint density at radius 2 is 2.10 bits per heavy atom. The molecule has 1 saturated carbocycles. The van der Waals surface area contributed by atoms with Gasteiger partial charge in [-0.1, -0.05) is 18.9 Å². The van der Waals surface area contributed by atoms with Gasteiger partial charge in [-0.15, -0.1) is 0 Å². The number of rotatable bonds is 4. The normalized spacial score (nSPS) is 15.5. The van der Waals surface area contributed by atoms with Gasteiger partial charge in [-0.05, 0) is 37.5 Å². The molecule has 1 N–H and O–H groups in total. The molecule has 0 atom stereocenters. The lowest BCUT2D eigenvalue weighted by molar-refractivity contribution is 0.416. The van der Waals surface area contributed by atoms with Gasteiger partial charge < -0.3 is 14.6 Å². The van der Waals surface area contributed by atoms with Crippen LogP contribution in [0.5, 0.6) is 5.75 Å². The molecule has 106 valence electrons. The number of nitrogens with zero attached hydrogens (tertiary/aromatic N) is 2. The zero-order chi connectivity index (χ0) is 13.9. The second kappa shape index (κ2) is 5.57. The first-order valence-electron chi connectivity index (χ1n) is 7.22. The SMILES string of the molecule is COc1ccc(C)cc1Nc1nccn1C1CCCC1. The van der Waals surface area contributed by atoms with Gasteiger partial charge in [-0.2, -0.15) is 0 Å². The summed E-state index contributed by atoms with van der Waals surface area (Å²) in [5.41, 5.74) is 2.17. The van der Waals surface area contributed by atoms with Gasteiger partial charge in [-0.25, -0.2) is 4.98 Å². The van der Waals surface area contributed by atoms with Crippen molar-refractivity contribution in [1.82, 2.24) is 9.55 Å². The first kappa shape index (κ1) is 13.0. The van der Waals surface area contributed by atoms with E-state index in [1.54, 1.807) is 7.11 Å². The van der Waals surface area contributed by atoms with Crippen molar-refractivity contribution < 1.29 is 4.74 Å². The van der Waals surface area contributed by atoms with Crippen LogP contribution in [0.4, 0.5) is 11.6 Å². The van der Waals surface area contributed by atoms with E-state index in [4.69, 9.17) is 4.74 Å². The molecule has 1 aliphatic rings. The van der Waals surface area contributed by atoms with Gasteiger partial charge in [0, 0.05) is 18.4 Å². The van der Waals surface area contributed by atoms with E-state index < -0.39 is 0 Å². The molecule has 20 heavy (non-hydrogen) atoms. The highest BCUT2D eigenvalue weighted by atomic mass is 16.5. The van der Waals surface area contributed by atoms with Gasteiger partial charge in [0.05, 0.1) is 12.8 Å². The minimum absolute atomic E-state index is 0.579. The third-order valence-electron chi connectivity index (χ3n) is 3.99. The molecule has 1 aliphatic carbocycles. The Morgan fingerprint density at radius 1 is 1.30 bits per heavy atom. The summed E-state index contributed by atoms with van der Waals surface area (Å²) in [5.74, 6) is 1.75. The quantitative estimate of drug-likeness (QED) is 0.911. The van der Waals surface area contributed by atoms with Crippen LogP contribution in [-0.4, -0.2) is 16.7 Å². The number of aromatic nitrogens is 2. The number of benzene rings is 1. The van der Waals surface area contributed by atoms with E-state index in [-0.39, 0.29) is 0 Å². The van der Waals surface area contributed by atoms with Crippen molar-refractivity contribution in [2.45, 2.75) is 38.6 Å². The van der Waals surface area contributed by atoms with Crippen LogP contribution >= 0.6 is 0 Å². The van der Waals surface area contributed by atoms with Crippen LogP contribution in [-0.2, 0) is 0 Å². The lowest BCUT2D eigenvalue weighted by atomic mass is 10.2. The van der Waals surface area contributed by atoms with Crippen molar-refractivity contribution in [3.05, 3.63) is 36.2 Å². The Labute approximate surface area is 119 Å². The fraction of sp³-hybridized carbons (Fsp3) is 0.438. The van der Waals surface area contributed by atoms with E-state index in [1.807, 2.05) is 18.3 Å². The summed E-state index contributed by atoms with van der Waals surface area (Å²) in [5, 5.41) is 3.42. The third-order valence-corrected chi connectivity index (χ3v) is 3.99. The topological polar surface area (TPSA) is 39.1 Å². The Hall–Kier alpha value is -1.97. The first-order chi connectivity index (χ1) is 9.78. The van der Waals surface area contributed by atoms with Crippen molar-refractivity contribution in [2.24, 2.45) is 0 Å². The number of methoxy groups -OCH3 is 1. The van der Waals surface area contributed by atoms with Crippen LogP contribution in [0.2, 0.25) is 0 Å². The number of hydrogen-bond donors (Lipinski definition) is 1. The maximum Gasteiger partial charge on any atom is 0.207 e. The molecule has 1 fully saturated rings. The van der Waals surface area contributed by atoms with Gasteiger partial charge >= 0.3 is 0 Å². The van der Waals surface area contributed by atoms with Crippen LogP contribution in [0.3, 0.4) is 0 Å². The molecule has 4 heteroatoms. The van der Waals surface area contributed by atoms with Gasteiger partial charge in [0.25, 0.3) is 0 Å². The van der Waals surface area contributed by atoms with E-state index in [9.17, 15) is 0 Å². The average molecular weight is 271 g/mol. The highest BCUT2D eigenvalue weighted by molar-refractivity contribution is 5.63. The van der Waals surface area contributed by atoms with Crippen molar-refractivity contribution >= 4 is 11.6 Å². The lowest BCUT2D eigenvalue weighted by Crippen LogP contribution is -2.08. The molecular formula is C16H21N3O. The molecule has 0 spiro atoms. The number of imidazole rings is 1. The Balaban J connectivity index is 1.88. The van der Waals surface area contributed by atoms with E-state index in [0.717, 1.165) is 17.4 Å². The average Bonchev–Trinajstić information content (AvgIpc) is 3.09. The van der Waals surface area contributed by atoms with Crippen molar-refractivity contribution in [1.29, 1.82) is 0 Å². The fourth-order valence-corrected chi connectivity index (χ4v) is 2.93.